The van der Waals surface area contributed by atoms with Gasteiger partial charge in [0.1, 0.15) is 0 Å². The van der Waals surface area contributed by atoms with Gasteiger partial charge in [0, 0.05) is 18.0 Å². The summed E-state index contributed by atoms with van der Waals surface area (Å²) < 4.78 is 1.09. The van der Waals surface area contributed by atoms with Crippen molar-refractivity contribution in [3.8, 4) is 0 Å². The van der Waals surface area contributed by atoms with Gasteiger partial charge in [-0.3, -0.25) is 0 Å². The molecule has 2 rings (SSSR count). The first-order valence-electron chi connectivity index (χ1n) is 5.92. The molecule has 2 amide bonds. The van der Waals surface area contributed by atoms with E-state index in [0.717, 1.165) is 10.3 Å². The van der Waals surface area contributed by atoms with Crippen LogP contribution in [0.25, 0.3) is 0 Å². The third kappa shape index (κ3) is 3.05. The summed E-state index contributed by atoms with van der Waals surface area (Å²) in [4.78, 5) is 15.0. The lowest BCUT2D eigenvalue weighted by Crippen LogP contribution is -2.40. The fourth-order valence-electron chi connectivity index (χ4n) is 1.98. The normalized spacial score (nSPS) is 20.3. The van der Waals surface area contributed by atoms with Crippen LogP contribution in [0.15, 0.2) is 15.9 Å². The van der Waals surface area contributed by atoms with Crippen molar-refractivity contribution in [1.29, 1.82) is 0 Å². The molecule has 1 atom stereocenters. The van der Waals surface area contributed by atoms with Crippen LogP contribution in [0, 0.1) is 5.41 Å². The van der Waals surface area contributed by atoms with E-state index in [1.165, 1.54) is 4.88 Å². The van der Waals surface area contributed by atoms with Gasteiger partial charge in [-0.2, -0.15) is 0 Å². The predicted octanol–water partition coefficient (Wildman–Crippen LogP) is 2.56. The van der Waals surface area contributed by atoms with E-state index in [2.05, 4.69) is 41.2 Å². The zero-order valence-electron chi connectivity index (χ0n) is 10.6. The van der Waals surface area contributed by atoms with E-state index in [-0.39, 0.29) is 17.5 Å². The molecule has 0 aliphatic carbocycles. The lowest BCUT2D eigenvalue weighted by molar-refractivity contribution is 0.191. The standard InChI is InChI=1S/C12H18BrN3OS/c1-12(2,6-14)7-16-5-8(15-11(16)17)9-3-4-10(13)18-9/h3-4,8H,5-7,14H2,1-2H3,(H,15,17). The summed E-state index contributed by atoms with van der Waals surface area (Å²) in [6.45, 7) is 6.14. The Morgan fingerprint density at radius 3 is 2.89 bits per heavy atom. The van der Waals surface area contributed by atoms with Crippen molar-refractivity contribution in [2.45, 2.75) is 19.9 Å². The van der Waals surface area contributed by atoms with Crippen LogP contribution >= 0.6 is 27.3 Å². The van der Waals surface area contributed by atoms with Crippen molar-refractivity contribution in [3.05, 3.63) is 20.8 Å². The summed E-state index contributed by atoms with van der Waals surface area (Å²) in [5.41, 5.74) is 5.68. The molecule has 4 nitrogen and oxygen atoms in total. The Morgan fingerprint density at radius 2 is 2.33 bits per heavy atom. The molecule has 6 heteroatoms. The van der Waals surface area contributed by atoms with Crippen LogP contribution in [-0.4, -0.2) is 30.6 Å². The van der Waals surface area contributed by atoms with E-state index in [1.54, 1.807) is 11.3 Å². The van der Waals surface area contributed by atoms with E-state index >= 15 is 0 Å². The Morgan fingerprint density at radius 1 is 1.61 bits per heavy atom. The van der Waals surface area contributed by atoms with E-state index in [1.807, 2.05) is 11.0 Å². The van der Waals surface area contributed by atoms with Crippen LogP contribution in [0.2, 0.25) is 0 Å². The minimum absolute atomic E-state index is 0.00560. The summed E-state index contributed by atoms with van der Waals surface area (Å²) in [7, 11) is 0. The molecule has 0 spiro atoms. The van der Waals surface area contributed by atoms with Gasteiger partial charge in [-0.25, -0.2) is 4.79 Å². The number of thiophene rings is 1. The molecule has 0 bridgehead atoms. The zero-order valence-corrected chi connectivity index (χ0v) is 13.0. The fourth-order valence-corrected chi connectivity index (χ4v) is 3.45. The van der Waals surface area contributed by atoms with Gasteiger partial charge >= 0.3 is 6.03 Å². The van der Waals surface area contributed by atoms with Crippen LogP contribution in [0.1, 0.15) is 24.8 Å². The van der Waals surface area contributed by atoms with Crippen LogP contribution in [-0.2, 0) is 0 Å². The molecule has 3 N–H and O–H groups in total. The smallest absolute Gasteiger partial charge is 0.318 e. The van der Waals surface area contributed by atoms with Crippen molar-refractivity contribution in [3.63, 3.8) is 0 Å². The molecular formula is C12H18BrN3OS. The monoisotopic (exact) mass is 331 g/mol. The first-order chi connectivity index (χ1) is 8.41. The highest BCUT2D eigenvalue weighted by Crippen LogP contribution is 2.31. The van der Waals surface area contributed by atoms with Gasteiger partial charge in [-0.15, -0.1) is 11.3 Å². The summed E-state index contributed by atoms with van der Waals surface area (Å²) >= 11 is 5.11. The van der Waals surface area contributed by atoms with Crippen molar-refractivity contribution >= 4 is 33.3 Å². The van der Waals surface area contributed by atoms with Crippen LogP contribution in [0.4, 0.5) is 4.79 Å². The Balaban J connectivity index is 2.03. The Labute approximate surface area is 120 Å². The highest BCUT2D eigenvalue weighted by molar-refractivity contribution is 9.11. The topological polar surface area (TPSA) is 58.4 Å². The number of hydrogen-bond acceptors (Lipinski definition) is 3. The second-order valence-electron chi connectivity index (χ2n) is 5.39. The molecule has 1 aromatic rings. The number of urea groups is 1. The number of nitrogens with zero attached hydrogens (tertiary/aromatic N) is 1. The number of rotatable bonds is 4. The van der Waals surface area contributed by atoms with Crippen molar-refractivity contribution in [2.75, 3.05) is 19.6 Å². The molecule has 1 fully saturated rings. The lowest BCUT2D eigenvalue weighted by atomic mass is 9.93. The quantitative estimate of drug-likeness (QED) is 0.890. The largest absolute Gasteiger partial charge is 0.330 e. The van der Waals surface area contributed by atoms with E-state index in [0.29, 0.717) is 13.1 Å². The average molecular weight is 332 g/mol. The van der Waals surface area contributed by atoms with Crippen molar-refractivity contribution in [2.24, 2.45) is 11.1 Å². The molecule has 1 aliphatic rings. The first kappa shape index (κ1) is 13.8. The first-order valence-corrected chi connectivity index (χ1v) is 7.53. The zero-order chi connectivity index (χ0) is 13.3. The molecule has 1 aliphatic heterocycles. The number of amides is 2. The third-order valence-corrected chi connectivity index (χ3v) is 4.83. The van der Waals surface area contributed by atoms with Crippen LogP contribution < -0.4 is 11.1 Å². The van der Waals surface area contributed by atoms with E-state index in [9.17, 15) is 4.79 Å². The number of carbonyl (C=O) groups excluding carboxylic acids is 1. The molecule has 2 heterocycles. The van der Waals surface area contributed by atoms with Crippen molar-refractivity contribution in [1.82, 2.24) is 10.2 Å². The predicted molar refractivity (Wildman–Crippen MR) is 77.7 cm³/mol. The molecule has 18 heavy (non-hydrogen) atoms. The van der Waals surface area contributed by atoms with Gasteiger partial charge in [0.25, 0.3) is 0 Å². The molecular weight excluding hydrogens is 314 g/mol. The number of nitrogens with one attached hydrogen (secondary N) is 1. The van der Waals surface area contributed by atoms with E-state index < -0.39 is 0 Å². The second-order valence-corrected chi connectivity index (χ2v) is 7.89. The second kappa shape index (κ2) is 5.19. The molecule has 100 valence electrons. The third-order valence-electron chi connectivity index (χ3n) is 3.10. The minimum atomic E-state index is -0.0394. The van der Waals surface area contributed by atoms with Gasteiger partial charge < -0.3 is 16.0 Å². The lowest BCUT2D eigenvalue weighted by Gasteiger charge is -2.28. The van der Waals surface area contributed by atoms with Gasteiger partial charge in [0.2, 0.25) is 0 Å². The van der Waals surface area contributed by atoms with Crippen molar-refractivity contribution < 1.29 is 4.79 Å². The summed E-state index contributed by atoms with van der Waals surface area (Å²) in [6.07, 6.45) is 0. The molecule has 0 radical (unpaired) electrons. The maximum atomic E-state index is 11.9. The molecule has 1 unspecified atom stereocenters. The molecule has 0 saturated carbocycles. The SMILES string of the molecule is CC(C)(CN)CN1CC(c2ccc(Br)s2)NC1=O. The highest BCUT2D eigenvalue weighted by Gasteiger charge is 2.33. The van der Waals surface area contributed by atoms with Gasteiger partial charge in [0.05, 0.1) is 9.83 Å². The number of carbonyl (C=O) groups is 1. The summed E-state index contributed by atoms with van der Waals surface area (Å²) in [5, 5.41) is 3.02. The minimum Gasteiger partial charge on any atom is -0.330 e. The van der Waals surface area contributed by atoms with Gasteiger partial charge in [-0.05, 0) is 40.0 Å². The van der Waals surface area contributed by atoms with E-state index in [4.69, 9.17) is 5.73 Å². The number of hydrogen-bond donors (Lipinski definition) is 2. The Hall–Kier alpha value is -0.590. The summed E-state index contributed by atoms with van der Waals surface area (Å²) in [5.74, 6) is 0. The average Bonchev–Trinajstić information content (AvgIpc) is 2.86. The van der Waals surface area contributed by atoms with Gasteiger partial charge in [-0.1, -0.05) is 13.8 Å². The van der Waals surface area contributed by atoms with Crippen LogP contribution in [0.5, 0.6) is 0 Å². The summed E-state index contributed by atoms with van der Waals surface area (Å²) in [6, 6.07) is 4.17. The van der Waals surface area contributed by atoms with Gasteiger partial charge in [0.15, 0.2) is 0 Å². The molecule has 1 saturated heterocycles. The highest BCUT2D eigenvalue weighted by atomic mass is 79.9. The molecule has 1 aromatic heterocycles. The maximum absolute atomic E-state index is 11.9. The molecule has 0 aromatic carbocycles. The Kier molecular flexibility index (Phi) is 3.99. The Bertz CT molecular complexity index is 446. The maximum Gasteiger partial charge on any atom is 0.318 e. The number of nitrogens with two attached hydrogens (primary N) is 1. The van der Waals surface area contributed by atoms with Crippen LogP contribution in [0.3, 0.4) is 0 Å². The fraction of sp³-hybridized carbons (Fsp3) is 0.583. The number of halogens is 1.